The lowest BCUT2D eigenvalue weighted by Gasteiger charge is -2.26. The third kappa shape index (κ3) is 5.28. The lowest BCUT2D eigenvalue weighted by Crippen LogP contribution is -2.37. The highest BCUT2D eigenvalue weighted by Crippen LogP contribution is 2.33. The molecular formula is C27H34N4O3S. The van der Waals surface area contributed by atoms with Crippen molar-refractivity contribution in [3.8, 4) is 0 Å². The lowest BCUT2D eigenvalue weighted by atomic mass is 9.97. The summed E-state index contributed by atoms with van der Waals surface area (Å²) in [7, 11) is 4.03. The van der Waals surface area contributed by atoms with Gasteiger partial charge in [0.15, 0.2) is 0 Å². The highest BCUT2D eigenvalue weighted by molar-refractivity contribution is 7.18. The number of amides is 1. The maximum atomic E-state index is 13.4. The molecule has 0 bridgehead atoms. The first-order valence-corrected chi connectivity index (χ1v) is 13.5. The Kier molecular flexibility index (Phi) is 7.20. The summed E-state index contributed by atoms with van der Waals surface area (Å²) in [6.07, 6.45) is 8.28. The van der Waals surface area contributed by atoms with Gasteiger partial charge < -0.3 is 14.5 Å². The Hall–Kier alpha value is -2.71. The molecule has 2 aromatic heterocycles. The van der Waals surface area contributed by atoms with Gasteiger partial charge in [0.2, 0.25) is 5.91 Å². The molecule has 1 aromatic carbocycles. The van der Waals surface area contributed by atoms with E-state index in [1.54, 1.807) is 22.2 Å². The molecule has 1 aliphatic heterocycles. The minimum Gasteiger partial charge on any atom is -0.378 e. The molecule has 186 valence electrons. The van der Waals surface area contributed by atoms with E-state index in [0.717, 1.165) is 60.2 Å². The van der Waals surface area contributed by atoms with E-state index in [1.165, 1.54) is 16.9 Å². The van der Waals surface area contributed by atoms with Crippen molar-refractivity contribution >= 4 is 33.1 Å². The van der Waals surface area contributed by atoms with Crippen molar-refractivity contribution < 1.29 is 9.53 Å². The van der Waals surface area contributed by atoms with Crippen molar-refractivity contribution in [2.24, 2.45) is 0 Å². The fraction of sp³-hybridized carbons (Fsp3) is 0.519. The van der Waals surface area contributed by atoms with E-state index in [0.29, 0.717) is 19.6 Å². The number of nitrogens with zero attached hydrogens (tertiary/aromatic N) is 4. The van der Waals surface area contributed by atoms with Gasteiger partial charge in [-0.05, 0) is 61.8 Å². The van der Waals surface area contributed by atoms with Crippen LogP contribution in [0.15, 0.2) is 35.4 Å². The van der Waals surface area contributed by atoms with Crippen molar-refractivity contribution in [3.05, 3.63) is 57.0 Å². The zero-order chi connectivity index (χ0) is 24.4. The van der Waals surface area contributed by atoms with Crippen molar-refractivity contribution in [2.45, 2.75) is 64.1 Å². The maximum Gasteiger partial charge on any atom is 0.262 e. The van der Waals surface area contributed by atoms with Crippen molar-refractivity contribution in [2.75, 3.05) is 32.1 Å². The van der Waals surface area contributed by atoms with Gasteiger partial charge in [-0.3, -0.25) is 14.2 Å². The zero-order valence-corrected chi connectivity index (χ0v) is 21.5. The van der Waals surface area contributed by atoms with Crippen LogP contribution in [0.1, 0.15) is 48.1 Å². The van der Waals surface area contributed by atoms with Gasteiger partial charge in [0.1, 0.15) is 4.83 Å². The summed E-state index contributed by atoms with van der Waals surface area (Å²) in [6.45, 7) is 2.22. The minimum atomic E-state index is -0.00727. The summed E-state index contributed by atoms with van der Waals surface area (Å²) in [5.41, 5.74) is 3.40. The van der Waals surface area contributed by atoms with Crippen LogP contribution >= 0.6 is 11.3 Å². The van der Waals surface area contributed by atoms with Crippen LogP contribution < -0.4 is 10.5 Å². The van der Waals surface area contributed by atoms with Gasteiger partial charge in [-0.1, -0.05) is 12.1 Å². The molecule has 0 saturated carbocycles. The molecule has 7 nitrogen and oxygen atoms in total. The van der Waals surface area contributed by atoms with Crippen LogP contribution in [0.5, 0.6) is 0 Å². The van der Waals surface area contributed by atoms with E-state index in [2.05, 4.69) is 34.1 Å². The van der Waals surface area contributed by atoms with E-state index in [-0.39, 0.29) is 24.0 Å². The first-order chi connectivity index (χ1) is 17.0. The Morgan fingerprint density at radius 3 is 2.71 bits per heavy atom. The number of anilines is 1. The van der Waals surface area contributed by atoms with Crippen LogP contribution in [0.25, 0.3) is 10.2 Å². The molecule has 1 aliphatic carbocycles. The molecule has 0 radical (unpaired) electrons. The van der Waals surface area contributed by atoms with E-state index >= 15 is 0 Å². The SMILES string of the molecule is CN(C)c1ccc(CN(CC2CCCO2)C(=O)CCn2cnc3sc4c(c3c2=O)CCCC4)cc1. The third-order valence-corrected chi connectivity index (χ3v) is 8.34. The van der Waals surface area contributed by atoms with Crippen LogP contribution in [-0.2, 0) is 35.5 Å². The fourth-order valence-corrected chi connectivity index (χ4v) is 6.34. The lowest BCUT2D eigenvalue weighted by molar-refractivity contribution is -0.133. The summed E-state index contributed by atoms with van der Waals surface area (Å²) in [4.78, 5) is 37.3. The molecule has 2 aliphatic rings. The normalized spacial score (nSPS) is 17.5. The Morgan fingerprint density at radius 1 is 1.17 bits per heavy atom. The minimum absolute atomic E-state index is 0.00727. The monoisotopic (exact) mass is 494 g/mol. The summed E-state index contributed by atoms with van der Waals surface area (Å²) < 4.78 is 7.45. The molecule has 1 unspecified atom stereocenters. The number of hydrogen-bond donors (Lipinski definition) is 0. The van der Waals surface area contributed by atoms with Crippen LogP contribution in [0.3, 0.4) is 0 Å². The molecule has 3 aromatic rings. The van der Waals surface area contributed by atoms with Crippen LogP contribution in [-0.4, -0.2) is 53.7 Å². The van der Waals surface area contributed by atoms with Crippen molar-refractivity contribution in [1.29, 1.82) is 0 Å². The average molecular weight is 495 g/mol. The molecule has 1 fully saturated rings. The molecule has 8 heteroatoms. The number of aryl methyl sites for hydroxylation is 3. The second-order valence-corrected chi connectivity index (χ2v) is 10.9. The number of ether oxygens (including phenoxy) is 1. The number of fused-ring (bicyclic) bond motifs is 3. The second-order valence-electron chi connectivity index (χ2n) is 9.85. The predicted molar refractivity (Wildman–Crippen MR) is 140 cm³/mol. The van der Waals surface area contributed by atoms with Crippen molar-refractivity contribution in [1.82, 2.24) is 14.5 Å². The van der Waals surface area contributed by atoms with Gasteiger partial charge >= 0.3 is 0 Å². The zero-order valence-electron chi connectivity index (χ0n) is 20.7. The number of aromatic nitrogens is 2. The van der Waals surface area contributed by atoms with Gasteiger partial charge in [0.25, 0.3) is 5.56 Å². The molecule has 35 heavy (non-hydrogen) atoms. The number of thiophene rings is 1. The van der Waals surface area contributed by atoms with E-state index in [4.69, 9.17) is 4.74 Å². The van der Waals surface area contributed by atoms with Gasteiger partial charge in [-0.25, -0.2) is 4.98 Å². The molecule has 0 spiro atoms. The third-order valence-electron chi connectivity index (χ3n) is 7.14. The topological polar surface area (TPSA) is 67.7 Å². The molecule has 1 amide bonds. The van der Waals surface area contributed by atoms with Gasteiger partial charge in [-0.15, -0.1) is 11.3 Å². The first-order valence-electron chi connectivity index (χ1n) is 12.6. The number of carbonyl (C=O) groups excluding carboxylic acids is 1. The highest BCUT2D eigenvalue weighted by Gasteiger charge is 2.24. The Labute approximate surface area is 210 Å². The van der Waals surface area contributed by atoms with Crippen LogP contribution in [0, 0.1) is 0 Å². The molecule has 1 atom stereocenters. The van der Waals surface area contributed by atoms with Gasteiger partial charge in [-0.2, -0.15) is 0 Å². The summed E-state index contributed by atoms with van der Waals surface area (Å²) in [5, 5.41) is 0.775. The Balaban J connectivity index is 1.31. The largest absolute Gasteiger partial charge is 0.378 e. The first kappa shape index (κ1) is 24.0. The predicted octanol–water partition coefficient (Wildman–Crippen LogP) is 4.00. The van der Waals surface area contributed by atoms with Crippen molar-refractivity contribution in [3.63, 3.8) is 0 Å². The van der Waals surface area contributed by atoms with E-state index in [1.807, 2.05) is 19.0 Å². The van der Waals surface area contributed by atoms with E-state index < -0.39 is 0 Å². The number of carbonyl (C=O) groups is 1. The standard InChI is InChI=1S/C27H34N4O3S/c1-29(2)20-11-9-19(10-12-20)16-31(17-21-6-5-15-34-21)24(32)13-14-30-18-28-26-25(27(30)33)22-7-3-4-8-23(22)35-26/h9-12,18,21H,3-8,13-17H2,1-2H3. The fourth-order valence-electron chi connectivity index (χ4n) is 5.12. The second kappa shape index (κ2) is 10.5. The average Bonchev–Trinajstić information content (AvgIpc) is 3.51. The molecule has 1 saturated heterocycles. The van der Waals surface area contributed by atoms with Gasteiger partial charge in [0.05, 0.1) is 17.8 Å². The summed E-state index contributed by atoms with van der Waals surface area (Å²) >= 11 is 1.66. The van der Waals surface area contributed by atoms with E-state index in [9.17, 15) is 9.59 Å². The summed E-state index contributed by atoms with van der Waals surface area (Å²) in [6, 6.07) is 8.30. The molecule has 3 heterocycles. The molecular weight excluding hydrogens is 460 g/mol. The molecule has 0 N–H and O–H groups in total. The van der Waals surface area contributed by atoms with Crippen LogP contribution in [0.4, 0.5) is 5.69 Å². The Bertz CT molecular complexity index is 1240. The smallest absolute Gasteiger partial charge is 0.262 e. The number of hydrogen-bond acceptors (Lipinski definition) is 6. The quantitative estimate of drug-likeness (QED) is 0.474. The molecule has 5 rings (SSSR count). The maximum absolute atomic E-state index is 13.4. The number of benzene rings is 1. The Morgan fingerprint density at radius 2 is 1.97 bits per heavy atom. The van der Waals surface area contributed by atoms with Gasteiger partial charge in [0, 0.05) is 57.3 Å². The highest BCUT2D eigenvalue weighted by atomic mass is 32.1. The summed E-state index contributed by atoms with van der Waals surface area (Å²) in [5.74, 6) is 0.0385. The van der Waals surface area contributed by atoms with Crippen LogP contribution in [0.2, 0.25) is 0 Å². The number of rotatable bonds is 8.